The van der Waals surface area contributed by atoms with Gasteiger partial charge in [-0.15, -0.1) is 0 Å². The third-order valence-electron chi connectivity index (χ3n) is 4.34. The molecule has 0 spiro atoms. The smallest absolute Gasteiger partial charge is 0.321 e. The van der Waals surface area contributed by atoms with Gasteiger partial charge in [0, 0.05) is 17.6 Å². The number of nitrogens with one attached hydrogen (secondary N) is 1. The predicted octanol–water partition coefficient (Wildman–Crippen LogP) is 5.12. The van der Waals surface area contributed by atoms with Gasteiger partial charge in [-0.1, -0.05) is 43.1 Å². The SMILES string of the molecule is CCCCn1nc(C(=O)Nc2ccc(Cl)c(C(F)(F)F)c2)c2ccccc2c1=O. The number of halogens is 4. The van der Waals surface area contributed by atoms with Crippen LogP contribution in [0.3, 0.4) is 0 Å². The zero-order chi connectivity index (χ0) is 21.2. The van der Waals surface area contributed by atoms with Gasteiger partial charge in [0.25, 0.3) is 11.5 Å². The molecule has 3 aromatic rings. The van der Waals surface area contributed by atoms with Crippen molar-refractivity contribution >= 4 is 34.0 Å². The number of aryl methyl sites for hydroxylation is 1. The average Bonchev–Trinajstić information content (AvgIpc) is 2.68. The summed E-state index contributed by atoms with van der Waals surface area (Å²) in [5.41, 5.74) is -1.50. The summed E-state index contributed by atoms with van der Waals surface area (Å²) >= 11 is 5.62. The summed E-state index contributed by atoms with van der Waals surface area (Å²) in [6.07, 6.45) is -3.14. The van der Waals surface area contributed by atoms with Gasteiger partial charge in [-0.2, -0.15) is 18.3 Å². The lowest BCUT2D eigenvalue weighted by molar-refractivity contribution is -0.137. The summed E-state index contributed by atoms with van der Waals surface area (Å²) in [5, 5.41) is 6.76. The highest BCUT2D eigenvalue weighted by Gasteiger charge is 2.33. The summed E-state index contributed by atoms with van der Waals surface area (Å²) in [6.45, 7) is 2.29. The van der Waals surface area contributed by atoms with Crippen molar-refractivity contribution in [2.75, 3.05) is 5.32 Å². The Morgan fingerprint density at radius 1 is 1.17 bits per heavy atom. The number of unbranched alkanes of at least 4 members (excludes halogenated alkanes) is 1. The lowest BCUT2D eigenvalue weighted by Crippen LogP contribution is -2.27. The van der Waals surface area contributed by atoms with Crippen molar-refractivity contribution < 1.29 is 18.0 Å². The zero-order valence-electron chi connectivity index (χ0n) is 15.4. The molecule has 1 heterocycles. The van der Waals surface area contributed by atoms with Crippen LogP contribution in [-0.2, 0) is 12.7 Å². The maximum atomic E-state index is 13.1. The molecule has 0 unspecified atom stereocenters. The molecule has 0 aliphatic carbocycles. The summed E-state index contributed by atoms with van der Waals surface area (Å²) in [6, 6.07) is 9.58. The molecule has 0 radical (unpaired) electrons. The van der Waals surface area contributed by atoms with Gasteiger partial charge < -0.3 is 5.32 Å². The highest BCUT2D eigenvalue weighted by atomic mass is 35.5. The quantitative estimate of drug-likeness (QED) is 0.619. The largest absolute Gasteiger partial charge is 0.417 e. The number of amides is 1. The first-order chi connectivity index (χ1) is 13.7. The lowest BCUT2D eigenvalue weighted by Gasteiger charge is -2.13. The van der Waals surface area contributed by atoms with Crippen LogP contribution in [0.2, 0.25) is 5.02 Å². The van der Waals surface area contributed by atoms with E-state index in [9.17, 15) is 22.8 Å². The number of rotatable bonds is 5. The van der Waals surface area contributed by atoms with Crippen LogP contribution >= 0.6 is 11.6 Å². The minimum Gasteiger partial charge on any atom is -0.321 e. The standard InChI is InChI=1S/C20H17ClF3N3O2/c1-2-3-10-27-19(29)14-7-5-4-6-13(14)17(26-27)18(28)25-12-8-9-16(21)15(11-12)20(22,23)24/h4-9,11H,2-3,10H2,1H3,(H,25,28). The van der Waals surface area contributed by atoms with E-state index < -0.39 is 22.7 Å². The second-order valence-corrected chi connectivity index (χ2v) is 6.83. The third-order valence-corrected chi connectivity index (χ3v) is 4.67. The number of carbonyl (C=O) groups excluding carboxylic acids is 1. The van der Waals surface area contributed by atoms with Crippen LogP contribution < -0.4 is 10.9 Å². The number of aromatic nitrogens is 2. The van der Waals surface area contributed by atoms with Crippen LogP contribution in [0.25, 0.3) is 10.8 Å². The first-order valence-corrected chi connectivity index (χ1v) is 9.28. The van der Waals surface area contributed by atoms with Crippen molar-refractivity contribution in [2.45, 2.75) is 32.5 Å². The maximum absolute atomic E-state index is 13.1. The van der Waals surface area contributed by atoms with E-state index in [0.29, 0.717) is 23.7 Å². The highest BCUT2D eigenvalue weighted by Crippen LogP contribution is 2.36. The van der Waals surface area contributed by atoms with Gasteiger partial charge in [-0.3, -0.25) is 9.59 Å². The molecule has 2 aromatic carbocycles. The van der Waals surface area contributed by atoms with Gasteiger partial charge in [0.1, 0.15) is 0 Å². The molecular formula is C20H17ClF3N3O2. The van der Waals surface area contributed by atoms with E-state index in [0.717, 1.165) is 18.6 Å². The van der Waals surface area contributed by atoms with E-state index in [1.807, 2.05) is 6.92 Å². The van der Waals surface area contributed by atoms with Gasteiger partial charge in [0.2, 0.25) is 0 Å². The topological polar surface area (TPSA) is 64.0 Å². The normalized spacial score (nSPS) is 11.6. The molecule has 0 aliphatic heterocycles. The van der Waals surface area contributed by atoms with Crippen molar-refractivity contribution in [1.29, 1.82) is 0 Å². The Morgan fingerprint density at radius 3 is 2.52 bits per heavy atom. The Hall–Kier alpha value is -2.87. The molecule has 0 fully saturated rings. The fraction of sp³-hybridized carbons (Fsp3) is 0.250. The van der Waals surface area contributed by atoms with Crippen LogP contribution in [0.4, 0.5) is 18.9 Å². The minimum atomic E-state index is -4.66. The molecule has 29 heavy (non-hydrogen) atoms. The summed E-state index contributed by atoms with van der Waals surface area (Å²) in [7, 11) is 0. The number of hydrogen-bond donors (Lipinski definition) is 1. The molecule has 0 saturated heterocycles. The Bertz CT molecular complexity index is 1130. The molecule has 1 aromatic heterocycles. The highest BCUT2D eigenvalue weighted by molar-refractivity contribution is 6.31. The second kappa shape index (κ2) is 8.24. The van der Waals surface area contributed by atoms with Crippen molar-refractivity contribution in [2.24, 2.45) is 0 Å². The number of anilines is 1. The monoisotopic (exact) mass is 423 g/mol. The van der Waals surface area contributed by atoms with Gasteiger partial charge in [0.05, 0.1) is 16.0 Å². The summed E-state index contributed by atoms with van der Waals surface area (Å²) < 4.78 is 40.4. The van der Waals surface area contributed by atoms with E-state index in [1.165, 1.54) is 10.7 Å². The van der Waals surface area contributed by atoms with Gasteiger partial charge in [-0.25, -0.2) is 4.68 Å². The van der Waals surface area contributed by atoms with Crippen molar-refractivity contribution in [3.8, 4) is 0 Å². The van der Waals surface area contributed by atoms with Crippen LogP contribution in [0.15, 0.2) is 47.3 Å². The lowest BCUT2D eigenvalue weighted by atomic mass is 10.1. The van der Waals surface area contributed by atoms with Gasteiger partial charge in [0.15, 0.2) is 5.69 Å². The fourth-order valence-corrected chi connectivity index (χ4v) is 3.10. The molecule has 9 heteroatoms. The van der Waals surface area contributed by atoms with E-state index in [-0.39, 0.29) is 16.9 Å². The molecule has 0 atom stereocenters. The van der Waals surface area contributed by atoms with E-state index in [4.69, 9.17) is 11.6 Å². The molecule has 1 amide bonds. The van der Waals surface area contributed by atoms with Crippen molar-refractivity contribution in [3.05, 3.63) is 69.1 Å². The number of fused-ring (bicyclic) bond motifs is 1. The van der Waals surface area contributed by atoms with Crippen LogP contribution in [0.1, 0.15) is 35.8 Å². The Labute approximate surface area is 169 Å². The zero-order valence-corrected chi connectivity index (χ0v) is 16.1. The first kappa shape index (κ1) is 20.9. The Morgan fingerprint density at radius 2 is 1.86 bits per heavy atom. The Balaban J connectivity index is 2.03. The molecule has 0 saturated carbocycles. The van der Waals surface area contributed by atoms with E-state index >= 15 is 0 Å². The van der Waals surface area contributed by atoms with E-state index in [1.54, 1.807) is 24.3 Å². The summed E-state index contributed by atoms with van der Waals surface area (Å²) in [5.74, 6) is -0.720. The molecular weight excluding hydrogens is 407 g/mol. The van der Waals surface area contributed by atoms with Crippen molar-refractivity contribution in [1.82, 2.24) is 9.78 Å². The average molecular weight is 424 g/mol. The second-order valence-electron chi connectivity index (χ2n) is 6.42. The Kier molecular flexibility index (Phi) is 5.93. The van der Waals surface area contributed by atoms with Crippen LogP contribution in [0, 0.1) is 0 Å². The predicted molar refractivity (Wildman–Crippen MR) is 105 cm³/mol. The summed E-state index contributed by atoms with van der Waals surface area (Å²) in [4.78, 5) is 25.4. The third kappa shape index (κ3) is 4.42. The number of alkyl halides is 3. The van der Waals surface area contributed by atoms with Gasteiger partial charge in [-0.05, 0) is 30.7 Å². The molecule has 152 valence electrons. The maximum Gasteiger partial charge on any atom is 0.417 e. The molecule has 5 nitrogen and oxygen atoms in total. The number of benzene rings is 2. The molecule has 3 rings (SSSR count). The molecule has 0 aliphatic rings. The molecule has 0 bridgehead atoms. The first-order valence-electron chi connectivity index (χ1n) is 8.90. The number of nitrogens with zero attached hydrogens (tertiary/aromatic N) is 2. The van der Waals surface area contributed by atoms with E-state index in [2.05, 4.69) is 10.4 Å². The minimum absolute atomic E-state index is 0.0418. The van der Waals surface area contributed by atoms with Crippen LogP contribution in [0.5, 0.6) is 0 Å². The fourth-order valence-electron chi connectivity index (χ4n) is 2.87. The van der Waals surface area contributed by atoms with Crippen LogP contribution in [-0.4, -0.2) is 15.7 Å². The number of hydrogen-bond acceptors (Lipinski definition) is 3. The van der Waals surface area contributed by atoms with Crippen molar-refractivity contribution in [3.63, 3.8) is 0 Å². The number of carbonyl (C=O) groups is 1. The van der Waals surface area contributed by atoms with Gasteiger partial charge >= 0.3 is 6.18 Å². The molecule has 1 N–H and O–H groups in total.